The topological polar surface area (TPSA) is 125 Å². The summed E-state index contributed by atoms with van der Waals surface area (Å²) in [7, 11) is 0. The summed E-state index contributed by atoms with van der Waals surface area (Å²) in [6.07, 6.45) is 0. The van der Waals surface area contributed by atoms with Crippen molar-refractivity contribution >= 4 is 29.7 Å². The number of amides is 1. The van der Waals surface area contributed by atoms with Gasteiger partial charge in [-0.15, -0.1) is 15.3 Å². The van der Waals surface area contributed by atoms with Gasteiger partial charge in [-0.3, -0.25) is 19.5 Å². The Hall–Kier alpha value is -4.84. The average Bonchev–Trinajstić information content (AvgIpc) is 3.59. The zero-order valence-electron chi connectivity index (χ0n) is 19.7. The van der Waals surface area contributed by atoms with E-state index in [-0.39, 0.29) is 23.2 Å². The molecule has 0 aliphatic rings. The van der Waals surface area contributed by atoms with Gasteiger partial charge in [-0.05, 0) is 36.4 Å². The molecule has 0 saturated carbocycles. The quantitative estimate of drug-likeness (QED) is 0.218. The smallest absolute Gasteiger partial charge is 0.322 e. The molecule has 1 N–H and O–H groups in total. The molecule has 0 unspecified atom stereocenters. The number of rotatable bonds is 9. The van der Waals surface area contributed by atoms with Crippen molar-refractivity contribution < 1.29 is 23.1 Å². The van der Waals surface area contributed by atoms with Gasteiger partial charge < -0.3 is 9.15 Å². The molecular formula is C26H19FN6O4S. The molecule has 190 valence electrons. The monoisotopic (exact) mass is 530 g/mol. The Morgan fingerprint density at radius 1 is 0.895 bits per heavy atom. The van der Waals surface area contributed by atoms with Crippen molar-refractivity contribution in [2.24, 2.45) is 0 Å². The van der Waals surface area contributed by atoms with Gasteiger partial charge in [0.1, 0.15) is 5.82 Å². The second-order valence-corrected chi connectivity index (χ2v) is 8.68. The van der Waals surface area contributed by atoms with Crippen LogP contribution in [0.1, 0.15) is 0 Å². The SMILES string of the molecule is O=C(COC(=O)CSc1nnc(-c2ccccc2F)n1-c1ccccc1)Nc1nnc(-c2ccccc2)o1. The Morgan fingerprint density at radius 2 is 1.61 bits per heavy atom. The van der Waals surface area contributed by atoms with Crippen LogP contribution in [0.15, 0.2) is 94.5 Å². The Balaban J connectivity index is 1.20. The maximum atomic E-state index is 14.5. The highest BCUT2D eigenvalue weighted by molar-refractivity contribution is 7.99. The number of halogens is 1. The second-order valence-electron chi connectivity index (χ2n) is 7.73. The minimum absolute atomic E-state index is 0.115. The minimum Gasteiger partial charge on any atom is -0.455 e. The van der Waals surface area contributed by atoms with Crippen molar-refractivity contribution in [3.8, 4) is 28.5 Å². The van der Waals surface area contributed by atoms with Crippen LogP contribution in [-0.4, -0.2) is 49.2 Å². The number of carbonyl (C=O) groups is 2. The first-order valence-corrected chi connectivity index (χ1v) is 12.3. The number of para-hydroxylation sites is 1. The Bertz CT molecular complexity index is 1560. The number of benzene rings is 3. The van der Waals surface area contributed by atoms with E-state index in [1.807, 2.05) is 48.5 Å². The minimum atomic E-state index is -0.657. The molecule has 38 heavy (non-hydrogen) atoms. The zero-order valence-corrected chi connectivity index (χ0v) is 20.5. The maximum Gasteiger partial charge on any atom is 0.322 e. The second kappa shape index (κ2) is 11.5. The fourth-order valence-corrected chi connectivity index (χ4v) is 4.18. The van der Waals surface area contributed by atoms with Gasteiger partial charge in [0.05, 0.1) is 11.3 Å². The number of hydrogen-bond acceptors (Lipinski definition) is 9. The van der Waals surface area contributed by atoms with Crippen molar-refractivity contribution in [1.82, 2.24) is 25.0 Å². The van der Waals surface area contributed by atoms with Crippen LogP contribution in [0.25, 0.3) is 28.5 Å². The van der Waals surface area contributed by atoms with E-state index in [1.165, 1.54) is 6.07 Å². The molecule has 0 bridgehead atoms. The normalized spacial score (nSPS) is 10.8. The first-order chi connectivity index (χ1) is 18.6. The molecule has 0 aliphatic carbocycles. The Labute approximate surface area is 219 Å². The summed E-state index contributed by atoms with van der Waals surface area (Å²) in [6.45, 7) is -0.547. The van der Waals surface area contributed by atoms with Gasteiger partial charge in [0.15, 0.2) is 17.6 Å². The number of carbonyl (C=O) groups excluding carboxylic acids is 2. The third-order valence-electron chi connectivity index (χ3n) is 5.14. The molecule has 1 amide bonds. The van der Waals surface area contributed by atoms with Crippen LogP contribution in [0.5, 0.6) is 0 Å². The van der Waals surface area contributed by atoms with Crippen LogP contribution >= 0.6 is 11.8 Å². The van der Waals surface area contributed by atoms with Crippen LogP contribution < -0.4 is 5.32 Å². The lowest BCUT2D eigenvalue weighted by atomic mass is 10.2. The molecule has 0 spiro atoms. The first-order valence-electron chi connectivity index (χ1n) is 11.3. The van der Waals surface area contributed by atoms with E-state index >= 15 is 0 Å². The van der Waals surface area contributed by atoms with Gasteiger partial charge in [-0.25, -0.2) is 4.39 Å². The Kier molecular flexibility index (Phi) is 7.50. The molecule has 0 atom stereocenters. The number of ether oxygens (including phenoxy) is 1. The van der Waals surface area contributed by atoms with Crippen molar-refractivity contribution in [2.75, 3.05) is 17.7 Å². The summed E-state index contributed by atoms with van der Waals surface area (Å²) in [4.78, 5) is 24.5. The first kappa shape index (κ1) is 24.8. The molecular weight excluding hydrogens is 511 g/mol. The molecule has 0 radical (unpaired) electrons. The molecule has 10 nitrogen and oxygen atoms in total. The molecule has 2 heterocycles. The van der Waals surface area contributed by atoms with Crippen molar-refractivity contribution in [2.45, 2.75) is 5.16 Å². The van der Waals surface area contributed by atoms with Gasteiger partial charge >= 0.3 is 12.0 Å². The molecule has 5 aromatic rings. The average molecular weight is 531 g/mol. The predicted molar refractivity (Wildman–Crippen MR) is 137 cm³/mol. The highest BCUT2D eigenvalue weighted by Crippen LogP contribution is 2.29. The van der Waals surface area contributed by atoms with Crippen LogP contribution in [0.4, 0.5) is 10.4 Å². The van der Waals surface area contributed by atoms with E-state index in [9.17, 15) is 14.0 Å². The molecule has 0 aliphatic heterocycles. The zero-order chi connectivity index (χ0) is 26.3. The summed E-state index contributed by atoms with van der Waals surface area (Å²) in [5, 5.41) is 18.7. The number of esters is 1. The summed E-state index contributed by atoms with van der Waals surface area (Å²) in [5.41, 5.74) is 1.66. The molecule has 0 fully saturated rings. The lowest BCUT2D eigenvalue weighted by Gasteiger charge is -2.10. The number of nitrogens with zero attached hydrogens (tertiary/aromatic N) is 5. The van der Waals surface area contributed by atoms with E-state index in [0.717, 1.165) is 11.8 Å². The summed E-state index contributed by atoms with van der Waals surface area (Å²) >= 11 is 1.05. The van der Waals surface area contributed by atoms with Crippen LogP contribution in [0, 0.1) is 5.82 Å². The molecule has 12 heteroatoms. The molecule has 5 rings (SSSR count). The molecule has 2 aromatic heterocycles. The Morgan fingerprint density at radius 3 is 2.37 bits per heavy atom. The van der Waals surface area contributed by atoms with Gasteiger partial charge in [-0.1, -0.05) is 65.4 Å². The van der Waals surface area contributed by atoms with Gasteiger partial charge in [0, 0.05) is 11.3 Å². The van der Waals surface area contributed by atoms with Gasteiger partial charge in [0.25, 0.3) is 5.91 Å². The predicted octanol–water partition coefficient (Wildman–Crippen LogP) is 4.40. The van der Waals surface area contributed by atoms with Gasteiger partial charge in [0.2, 0.25) is 5.89 Å². The highest BCUT2D eigenvalue weighted by atomic mass is 32.2. The van der Waals surface area contributed by atoms with Crippen LogP contribution in [-0.2, 0) is 14.3 Å². The van der Waals surface area contributed by atoms with Crippen molar-refractivity contribution in [3.05, 3.63) is 90.7 Å². The number of hydrogen-bond donors (Lipinski definition) is 1. The van der Waals surface area contributed by atoms with E-state index in [0.29, 0.717) is 22.2 Å². The van der Waals surface area contributed by atoms with Crippen molar-refractivity contribution in [1.29, 1.82) is 0 Å². The van der Waals surface area contributed by atoms with Crippen LogP contribution in [0.2, 0.25) is 0 Å². The number of nitrogens with one attached hydrogen (secondary N) is 1. The fraction of sp³-hybridized carbons (Fsp3) is 0.0769. The highest BCUT2D eigenvalue weighted by Gasteiger charge is 2.20. The largest absolute Gasteiger partial charge is 0.455 e. The van der Waals surface area contributed by atoms with E-state index in [4.69, 9.17) is 9.15 Å². The fourth-order valence-electron chi connectivity index (χ4n) is 3.43. The summed E-state index contributed by atoms with van der Waals surface area (Å²) in [5.74, 6) is -1.37. The molecule has 3 aromatic carbocycles. The number of thioether (sulfide) groups is 1. The third kappa shape index (κ3) is 5.76. The lowest BCUT2D eigenvalue weighted by molar-refractivity contribution is -0.144. The number of aromatic nitrogens is 5. The maximum absolute atomic E-state index is 14.5. The third-order valence-corrected chi connectivity index (χ3v) is 6.04. The van der Waals surface area contributed by atoms with E-state index < -0.39 is 24.3 Å². The van der Waals surface area contributed by atoms with E-state index in [1.54, 1.807) is 34.9 Å². The standard InChI is InChI=1S/C26H19FN6O4S/c27-20-14-8-7-13-19(20)23-29-32-26(33(23)18-11-5-2-6-12-18)38-16-22(35)36-15-21(34)28-25-31-30-24(37-25)17-9-3-1-4-10-17/h1-14H,15-16H2,(H,28,31,34). The van der Waals surface area contributed by atoms with E-state index in [2.05, 4.69) is 25.7 Å². The van der Waals surface area contributed by atoms with Crippen molar-refractivity contribution in [3.63, 3.8) is 0 Å². The molecule has 0 saturated heterocycles. The summed E-state index contributed by atoms with van der Waals surface area (Å²) in [6, 6.07) is 24.3. The van der Waals surface area contributed by atoms with Gasteiger partial charge in [-0.2, -0.15) is 0 Å². The number of anilines is 1. The summed E-state index contributed by atoms with van der Waals surface area (Å²) < 4.78 is 26.6. The lowest BCUT2D eigenvalue weighted by Crippen LogP contribution is -2.21. The van der Waals surface area contributed by atoms with Crippen LogP contribution in [0.3, 0.4) is 0 Å².